The van der Waals surface area contributed by atoms with Crippen LogP contribution in [0.5, 0.6) is 0 Å². The molecule has 7 heteroatoms. The largest absolute Gasteiger partial charge is 0.397 e. The Morgan fingerprint density at radius 1 is 1.09 bits per heavy atom. The number of halogens is 1. The third kappa shape index (κ3) is 2.71. The predicted octanol–water partition coefficient (Wildman–Crippen LogP) is 2.81. The van der Waals surface area contributed by atoms with Crippen LogP contribution < -0.4 is 16.8 Å². The Bertz CT molecular complexity index is 881. The summed E-state index contributed by atoms with van der Waals surface area (Å²) in [7, 11) is 0. The van der Waals surface area contributed by atoms with Crippen molar-refractivity contribution in [3.63, 3.8) is 0 Å². The van der Waals surface area contributed by atoms with Gasteiger partial charge in [0, 0.05) is 15.4 Å². The van der Waals surface area contributed by atoms with Gasteiger partial charge in [-0.05, 0) is 30.3 Å². The zero-order valence-electron chi connectivity index (χ0n) is 11.4. The highest BCUT2D eigenvalue weighted by atomic mass is 79.9. The number of fused-ring (bicyclic) bond motifs is 1. The van der Waals surface area contributed by atoms with Gasteiger partial charge < -0.3 is 16.8 Å². The molecule has 3 rings (SSSR count). The molecule has 0 aliphatic rings. The first-order valence-corrected chi connectivity index (χ1v) is 7.20. The highest BCUT2D eigenvalue weighted by Gasteiger charge is 2.11. The molecule has 0 saturated heterocycles. The fourth-order valence-corrected chi connectivity index (χ4v) is 2.44. The van der Waals surface area contributed by atoms with Gasteiger partial charge in [0.05, 0.1) is 16.9 Å². The molecule has 0 bridgehead atoms. The topological polar surface area (TPSA) is 107 Å². The maximum absolute atomic E-state index is 12.3. The van der Waals surface area contributed by atoms with Crippen LogP contribution in [0.15, 0.2) is 47.2 Å². The van der Waals surface area contributed by atoms with Crippen LogP contribution in [0.1, 0.15) is 10.4 Å². The van der Waals surface area contributed by atoms with Gasteiger partial charge >= 0.3 is 0 Å². The molecular weight excluding hydrogens is 346 g/mol. The molecule has 5 N–H and O–H groups in total. The molecular formula is C15H12BrN5O. The van der Waals surface area contributed by atoms with E-state index in [-0.39, 0.29) is 5.91 Å². The number of hydrogen-bond acceptors (Lipinski definition) is 5. The molecule has 22 heavy (non-hydrogen) atoms. The van der Waals surface area contributed by atoms with E-state index in [1.54, 1.807) is 30.3 Å². The maximum Gasteiger partial charge on any atom is 0.256 e. The summed E-state index contributed by atoms with van der Waals surface area (Å²) in [6.45, 7) is 0. The molecule has 0 aliphatic carbocycles. The van der Waals surface area contributed by atoms with Gasteiger partial charge in [-0.25, -0.2) is 9.97 Å². The highest BCUT2D eigenvalue weighted by molar-refractivity contribution is 9.10. The number of aromatic nitrogens is 2. The maximum atomic E-state index is 12.3. The Hall–Kier alpha value is -2.67. The van der Waals surface area contributed by atoms with Crippen molar-refractivity contribution in [3.8, 4) is 0 Å². The van der Waals surface area contributed by atoms with E-state index in [1.807, 2.05) is 6.07 Å². The summed E-state index contributed by atoms with van der Waals surface area (Å²) in [6.07, 6.45) is 1.37. The minimum Gasteiger partial charge on any atom is -0.397 e. The van der Waals surface area contributed by atoms with Crippen molar-refractivity contribution in [2.24, 2.45) is 0 Å². The fourth-order valence-electron chi connectivity index (χ4n) is 2.05. The van der Waals surface area contributed by atoms with Crippen molar-refractivity contribution in [1.29, 1.82) is 0 Å². The third-order valence-electron chi connectivity index (χ3n) is 3.16. The van der Waals surface area contributed by atoms with Gasteiger partial charge in [-0.1, -0.05) is 22.0 Å². The molecule has 0 fully saturated rings. The molecule has 0 saturated carbocycles. The first-order valence-electron chi connectivity index (χ1n) is 6.41. The van der Waals surface area contributed by atoms with E-state index in [1.165, 1.54) is 6.33 Å². The SMILES string of the molecule is Nc1cc2ncnc(NC(=O)c3cccc(Br)c3)c2cc1N. The van der Waals surface area contributed by atoms with Crippen molar-refractivity contribution < 1.29 is 4.79 Å². The number of anilines is 3. The molecule has 0 atom stereocenters. The third-order valence-corrected chi connectivity index (χ3v) is 3.65. The molecule has 0 unspecified atom stereocenters. The number of nitrogens with one attached hydrogen (secondary N) is 1. The lowest BCUT2D eigenvalue weighted by molar-refractivity contribution is 0.102. The minimum atomic E-state index is -0.267. The van der Waals surface area contributed by atoms with Crippen LogP contribution >= 0.6 is 15.9 Å². The van der Waals surface area contributed by atoms with Crippen LogP contribution in [0.25, 0.3) is 10.9 Å². The van der Waals surface area contributed by atoms with Gasteiger partial charge in [0.1, 0.15) is 12.1 Å². The van der Waals surface area contributed by atoms with Crippen molar-refractivity contribution in [3.05, 3.63) is 52.8 Å². The van der Waals surface area contributed by atoms with Crippen molar-refractivity contribution in [2.45, 2.75) is 0 Å². The van der Waals surface area contributed by atoms with E-state index < -0.39 is 0 Å². The summed E-state index contributed by atoms with van der Waals surface area (Å²) in [5.41, 5.74) is 13.6. The van der Waals surface area contributed by atoms with Crippen molar-refractivity contribution >= 4 is 49.9 Å². The smallest absolute Gasteiger partial charge is 0.256 e. The number of nitrogens with two attached hydrogens (primary N) is 2. The summed E-state index contributed by atoms with van der Waals surface area (Å²) in [6, 6.07) is 10.4. The molecule has 2 aromatic carbocycles. The molecule has 1 heterocycles. The fraction of sp³-hybridized carbons (Fsp3) is 0. The van der Waals surface area contributed by atoms with Gasteiger partial charge in [-0.2, -0.15) is 0 Å². The Kier molecular flexibility index (Phi) is 3.64. The Morgan fingerprint density at radius 3 is 2.64 bits per heavy atom. The second kappa shape index (κ2) is 5.61. The molecule has 1 amide bonds. The van der Waals surface area contributed by atoms with E-state index >= 15 is 0 Å². The molecule has 0 aliphatic heterocycles. The van der Waals surface area contributed by atoms with Gasteiger partial charge in [-0.3, -0.25) is 4.79 Å². The summed E-state index contributed by atoms with van der Waals surface area (Å²) in [5, 5.41) is 3.40. The molecule has 110 valence electrons. The van der Waals surface area contributed by atoms with Crippen LogP contribution in [0, 0.1) is 0 Å². The second-order valence-corrected chi connectivity index (χ2v) is 5.60. The minimum absolute atomic E-state index is 0.267. The summed E-state index contributed by atoms with van der Waals surface area (Å²) >= 11 is 3.34. The summed E-state index contributed by atoms with van der Waals surface area (Å²) in [4.78, 5) is 20.6. The lowest BCUT2D eigenvalue weighted by Crippen LogP contribution is -2.13. The molecule has 6 nitrogen and oxygen atoms in total. The van der Waals surface area contributed by atoms with Crippen molar-refractivity contribution in [1.82, 2.24) is 9.97 Å². The molecule has 0 spiro atoms. The monoisotopic (exact) mass is 357 g/mol. The Labute approximate surface area is 134 Å². The number of amides is 1. The van der Waals surface area contributed by atoms with E-state index in [0.717, 1.165) is 4.47 Å². The first kappa shape index (κ1) is 14.3. The van der Waals surface area contributed by atoms with Crippen LogP contribution in [-0.4, -0.2) is 15.9 Å². The van der Waals surface area contributed by atoms with E-state index in [2.05, 4.69) is 31.2 Å². The van der Waals surface area contributed by atoms with Crippen LogP contribution in [0.4, 0.5) is 17.2 Å². The number of nitrogens with zero attached hydrogens (tertiary/aromatic N) is 2. The molecule has 1 aromatic heterocycles. The van der Waals surface area contributed by atoms with Crippen molar-refractivity contribution in [2.75, 3.05) is 16.8 Å². The highest BCUT2D eigenvalue weighted by Crippen LogP contribution is 2.26. The van der Waals surface area contributed by atoms with Crippen LogP contribution in [0.3, 0.4) is 0 Å². The average molecular weight is 358 g/mol. The number of nitrogen functional groups attached to an aromatic ring is 2. The number of benzene rings is 2. The van der Waals surface area contributed by atoms with Gasteiger partial charge in [0.15, 0.2) is 0 Å². The van der Waals surface area contributed by atoms with Crippen LogP contribution in [-0.2, 0) is 0 Å². The van der Waals surface area contributed by atoms with Gasteiger partial charge in [-0.15, -0.1) is 0 Å². The summed E-state index contributed by atoms with van der Waals surface area (Å²) < 4.78 is 0.824. The van der Waals surface area contributed by atoms with E-state index in [9.17, 15) is 4.79 Å². The Morgan fingerprint density at radius 2 is 1.86 bits per heavy atom. The zero-order valence-corrected chi connectivity index (χ0v) is 13.0. The molecule has 3 aromatic rings. The second-order valence-electron chi connectivity index (χ2n) is 4.69. The summed E-state index contributed by atoms with van der Waals surface area (Å²) in [5.74, 6) is 0.123. The van der Waals surface area contributed by atoms with E-state index in [4.69, 9.17) is 11.5 Å². The number of rotatable bonds is 2. The lowest BCUT2D eigenvalue weighted by Gasteiger charge is -2.09. The van der Waals surface area contributed by atoms with E-state index in [0.29, 0.717) is 33.7 Å². The predicted molar refractivity (Wildman–Crippen MR) is 90.5 cm³/mol. The van der Waals surface area contributed by atoms with Gasteiger partial charge in [0.2, 0.25) is 0 Å². The first-order chi connectivity index (χ1) is 10.5. The average Bonchev–Trinajstić information content (AvgIpc) is 2.49. The number of carbonyl (C=O) groups excluding carboxylic acids is 1. The number of hydrogen-bond donors (Lipinski definition) is 3. The zero-order chi connectivity index (χ0) is 15.7. The number of carbonyl (C=O) groups is 1. The molecule has 0 radical (unpaired) electrons. The normalized spacial score (nSPS) is 10.6. The van der Waals surface area contributed by atoms with Crippen LogP contribution in [0.2, 0.25) is 0 Å². The standard InChI is InChI=1S/C15H12BrN5O/c16-9-3-1-2-8(4-9)15(22)21-14-10-5-11(17)12(18)6-13(10)19-7-20-14/h1-7H,17-18H2,(H,19,20,21,22). The lowest BCUT2D eigenvalue weighted by atomic mass is 10.1. The quantitative estimate of drug-likeness (QED) is 0.611. The Balaban J connectivity index is 2.00. The van der Waals surface area contributed by atoms with Gasteiger partial charge in [0.25, 0.3) is 5.91 Å².